The molecular formula is C11H13BrINO2. The van der Waals surface area contributed by atoms with Gasteiger partial charge >= 0.3 is 0 Å². The summed E-state index contributed by atoms with van der Waals surface area (Å²) in [6.07, 6.45) is 0. The van der Waals surface area contributed by atoms with Crippen molar-refractivity contribution in [3.05, 3.63) is 31.8 Å². The van der Waals surface area contributed by atoms with Crippen LogP contribution in [0.3, 0.4) is 0 Å². The van der Waals surface area contributed by atoms with Crippen molar-refractivity contribution in [2.75, 3.05) is 13.2 Å². The van der Waals surface area contributed by atoms with E-state index in [4.69, 9.17) is 5.11 Å². The van der Waals surface area contributed by atoms with Gasteiger partial charge in [-0.25, -0.2) is 0 Å². The molecule has 0 aliphatic rings. The molecule has 88 valence electrons. The molecule has 0 spiro atoms. The second kappa shape index (κ2) is 6.56. The molecule has 0 heterocycles. The third-order valence-corrected chi connectivity index (χ3v) is 3.53. The van der Waals surface area contributed by atoms with Crippen molar-refractivity contribution in [3.63, 3.8) is 0 Å². The molecule has 0 aliphatic carbocycles. The lowest BCUT2D eigenvalue weighted by atomic mass is 10.2. The lowest BCUT2D eigenvalue weighted by Gasteiger charge is -2.10. The first-order valence-corrected chi connectivity index (χ1v) is 6.76. The van der Waals surface area contributed by atoms with Gasteiger partial charge in [0.2, 0.25) is 0 Å². The Bertz CT molecular complexity index is 384. The van der Waals surface area contributed by atoms with Gasteiger partial charge in [-0.05, 0) is 46.7 Å². The fraction of sp³-hybridized carbons (Fsp3) is 0.364. The summed E-state index contributed by atoms with van der Waals surface area (Å²) >= 11 is 5.46. The van der Waals surface area contributed by atoms with Crippen molar-refractivity contribution in [3.8, 4) is 0 Å². The summed E-state index contributed by atoms with van der Waals surface area (Å²) in [7, 11) is 0. The maximum absolute atomic E-state index is 11.8. The van der Waals surface area contributed by atoms with E-state index >= 15 is 0 Å². The molecule has 16 heavy (non-hydrogen) atoms. The second-order valence-corrected chi connectivity index (χ2v) is 5.70. The van der Waals surface area contributed by atoms with Crippen molar-refractivity contribution in [1.82, 2.24) is 5.32 Å². The highest BCUT2D eigenvalue weighted by Gasteiger charge is 2.11. The number of aliphatic hydroxyl groups is 1. The standard InChI is InChI=1S/C11H13BrINO2/c1-7(6-15)5-14-11(16)9-4-8(12)2-3-10(9)13/h2-4,7,15H,5-6H2,1H3,(H,14,16). The average molecular weight is 398 g/mol. The number of amides is 1. The molecule has 0 bridgehead atoms. The number of carbonyl (C=O) groups is 1. The van der Waals surface area contributed by atoms with Gasteiger partial charge in [0.05, 0.1) is 5.56 Å². The maximum atomic E-state index is 11.8. The number of carbonyl (C=O) groups excluding carboxylic acids is 1. The first kappa shape index (κ1) is 13.9. The summed E-state index contributed by atoms with van der Waals surface area (Å²) in [6, 6.07) is 5.57. The van der Waals surface area contributed by atoms with Gasteiger partial charge in [-0.3, -0.25) is 4.79 Å². The number of nitrogens with one attached hydrogen (secondary N) is 1. The number of benzene rings is 1. The molecule has 3 nitrogen and oxygen atoms in total. The molecule has 1 amide bonds. The largest absolute Gasteiger partial charge is 0.396 e. The highest BCUT2D eigenvalue weighted by molar-refractivity contribution is 14.1. The molecule has 0 aliphatic heterocycles. The fourth-order valence-corrected chi connectivity index (χ4v) is 2.04. The maximum Gasteiger partial charge on any atom is 0.252 e. The Kier molecular flexibility index (Phi) is 5.71. The Morgan fingerprint density at radius 2 is 2.31 bits per heavy atom. The lowest BCUT2D eigenvalue weighted by molar-refractivity contribution is 0.0941. The van der Waals surface area contributed by atoms with Crippen LogP contribution >= 0.6 is 38.5 Å². The predicted octanol–water partition coefficient (Wildman–Crippen LogP) is 2.41. The first-order chi connectivity index (χ1) is 7.54. The topological polar surface area (TPSA) is 49.3 Å². The van der Waals surface area contributed by atoms with E-state index in [-0.39, 0.29) is 18.4 Å². The van der Waals surface area contributed by atoms with Gasteiger partial charge in [-0.2, -0.15) is 0 Å². The first-order valence-electron chi connectivity index (χ1n) is 4.88. The molecular weight excluding hydrogens is 385 g/mol. The highest BCUT2D eigenvalue weighted by Crippen LogP contribution is 2.18. The van der Waals surface area contributed by atoms with E-state index in [2.05, 4.69) is 43.8 Å². The van der Waals surface area contributed by atoms with E-state index in [1.165, 1.54) is 0 Å². The Balaban J connectivity index is 2.69. The summed E-state index contributed by atoms with van der Waals surface area (Å²) in [5.41, 5.74) is 0.653. The van der Waals surface area contributed by atoms with Crippen LogP contribution in [-0.4, -0.2) is 24.2 Å². The lowest BCUT2D eigenvalue weighted by Crippen LogP contribution is -2.30. The van der Waals surface area contributed by atoms with Gasteiger partial charge in [0, 0.05) is 21.2 Å². The van der Waals surface area contributed by atoms with Crippen molar-refractivity contribution in [1.29, 1.82) is 0 Å². The normalized spacial score (nSPS) is 12.2. The summed E-state index contributed by atoms with van der Waals surface area (Å²) in [6.45, 7) is 2.44. The van der Waals surface area contributed by atoms with Crippen molar-refractivity contribution >= 4 is 44.4 Å². The summed E-state index contributed by atoms with van der Waals surface area (Å²) in [4.78, 5) is 11.8. The van der Waals surface area contributed by atoms with Gasteiger partial charge in [0.15, 0.2) is 0 Å². The zero-order valence-electron chi connectivity index (χ0n) is 8.84. The Morgan fingerprint density at radius 1 is 1.62 bits per heavy atom. The van der Waals surface area contributed by atoms with Gasteiger partial charge in [0.1, 0.15) is 0 Å². The monoisotopic (exact) mass is 397 g/mol. The number of aliphatic hydroxyl groups excluding tert-OH is 1. The van der Waals surface area contributed by atoms with Crippen molar-refractivity contribution in [2.24, 2.45) is 5.92 Å². The molecule has 1 atom stereocenters. The zero-order valence-corrected chi connectivity index (χ0v) is 12.6. The minimum atomic E-state index is -0.106. The zero-order chi connectivity index (χ0) is 12.1. The molecule has 1 aromatic carbocycles. The van der Waals surface area contributed by atoms with E-state index in [1.54, 1.807) is 6.07 Å². The molecule has 5 heteroatoms. The summed E-state index contributed by atoms with van der Waals surface area (Å²) in [5, 5.41) is 11.6. The molecule has 0 aromatic heterocycles. The Morgan fingerprint density at radius 3 is 2.94 bits per heavy atom. The predicted molar refractivity (Wildman–Crippen MR) is 75.4 cm³/mol. The Labute approximate surface area is 117 Å². The van der Waals surface area contributed by atoms with E-state index in [1.807, 2.05) is 19.1 Å². The quantitative estimate of drug-likeness (QED) is 0.766. The van der Waals surface area contributed by atoms with Crippen LogP contribution in [0.2, 0.25) is 0 Å². The van der Waals surface area contributed by atoms with Crippen molar-refractivity contribution < 1.29 is 9.90 Å². The van der Waals surface area contributed by atoms with E-state index in [0.29, 0.717) is 12.1 Å². The SMILES string of the molecule is CC(CO)CNC(=O)c1cc(Br)ccc1I. The molecule has 2 N–H and O–H groups in total. The van der Waals surface area contributed by atoms with Crippen LogP contribution in [0.5, 0.6) is 0 Å². The van der Waals surface area contributed by atoms with Crippen LogP contribution in [0.1, 0.15) is 17.3 Å². The van der Waals surface area contributed by atoms with Gasteiger partial charge in [0.25, 0.3) is 5.91 Å². The van der Waals surface area contributed by atoms with Gasteiger partial charge in [-0.15, -0.1) is 0 Å². The number of rotatable bonds is 4. The van der Waals surface area contributed by atoms with Gasteiger partial charge < -0.3 is 10.4 Å². The van der Waals surface area contributed by atoms with Crippen LogP contribution in [0.15, 0.2) is 22.7 Å². The minimum absolute atomic E-state index is 0.0776. The second-order valence-electron chi connectivity index (χ2n) is 3.62. The van der Waals surface area contributed by atoms with Crippen molar-refractivity contribution in [2.45, 2.75) is 6.92 Å². The average Bonchev–Trinajstić information content (AvgIpc) is 2.28. The third kappa shape index (κ3) is 4.03. The minimum Gasteiger partial charge on any atom is -0.396 e. The summed E-state index contributed by atoms with van der Waals surface area (Å²) < 4.78 is 1.79. The molecule has 0 fully saturated rings. The smallest absolute Gasteiger partial charge is 0.252 e. The molecule has 1 unspecified atom stereocenters. The molecule has 1 rings (SSSR count). The summed E-state index contributed by atoms with van der Waals surface area (Å²) in [5.74, 6) is -0.0280. The molecule has 1 aromatic rings. The highest BCUT2D eigenvalue weighted by atomic mass is 127. The fourth-order valence-electron chi connectivity index (χ4n) is 1.10. The van der Waals surface area contributed by atoms with Crippen LogP contribution in [0, 0.1) is 9.49 Å². The molecule has 0 saturated carbocycles. The number of hydrogen-bond donors (Lipinski definition) is 2. The van der Waals surface area contributed by atoms with Gasteiger partial charge in [-0.1, -0.05) is 22.9 Å². The van der Waals surface area contributed by atoms with E-state index in [9.17, 15) is 4.79 Å². The molecule has 0 saturated heterocycles. The van der Waals surface area contributed by atoms with Crippen LogP contribution in [0.4, 0.5) is 0 Å². The number of halogens is 2. The van der Waals surface area contributed by atoms with Crippen LogP contribution in [0.25, 0.3) is 0 Å². The molecule has 0 radical (unpaired) electrons. The van der Waals surface area contributed by atoms with Crippen LogP contribution < -0.4 is 5.32 Å². The third-order valence-electron chi connectivity index (χ3n) is 2.10. The van der Waals surface area contributed by atoms with Crippen LogP contribution in [-0.2, 0) is 0 Å². The number of hydrogen-bond acceptors (Lipinski definition) is 2. The van der Waals surface area contributed by atoms with E-state index in [0.717, 1.165) is 8.04 Å². The van der Waals surface area contributed by atoms with E-state index < -0.39 is 0 Å². The Hall–Kier alpha value is -0.140.